The predicted octanol–water partition coefficient (Wildman–Crippen LogP) is 6.27. The van der Waals surface area contributed by atoms with Crippen molar-refractivity contribution in [1.29, 1.82) is 0 Å². The van der Waals surface area contributed by atoms with Gasteiger partial charge in [-0.25, -0.2) is 0 Å². The predicted molar refractivity (Wildman–Crippen MR) is 139 cm³/mol. The number of carbonyl (C=O) groups is 1. The van der Waals surface area contributed by atoms with Gasteiger partial charge in [0.2, 0.25) is 0 Å². The number of ether oxygens (including phenoxy) is 2. The fraction of sp³-hybridized carbons (Fsp3) is 0.200. The second kappa shape index (κ2) is 10.0. The molecule has 0 radical (unpaired) electrons. The number of hydrogen-bond acceptors (Lipinski definition) is 5. The van der Waals surface area contributed by atoms with Crippen LogP contribution in [0.15, 0.2) is 59.5 Å². The van der Waals surface area contributed by atoms with Crippen molar-refractivity contribution in [3.05, 3.63) is 87.0 Å². The molecule has 0 aliphatic carbocycles. The van der Waals surface area contributed by atoms with E-state index < -0.39 is 0 Å². The highest BCUT2D eigenvalue weighted by Gasteiger charge is 2.34. The molecule has 3 aromatic rings. The Morgan fingerprint density at radius 2 is 1.70 bits per heavy atom. The number of thiocarbonyl (C=S) groups is 1. The van der Waals surface area contributed by atoms with E-state index >= 15 is 0 Å². The molecule has 33 heavy (non-hydrogen) atoms. The van der Waals surface area contributed by atoms with Crippen LogP contribution in [-0.4, -0.2) is 21.5 Å². The fourth-order valence-corrected chi connectivity index (χ4v) is 4.87. The van der Waals surface area contributed by atoms with Crippen LogP contribution in [0.5, 0.6) is 11.5 Å². The average molecular weight is 499 g/mol. The molecule has 0 N–H and O–H groups in total. The standard InChI is InChI=1S/C25H23ClN2O3S2/c1-4-30-22-13-19(9-12-21(22)31-15-18-7-10-20(26)11-8-18)14-23-24(29)28(25(32)33-23)27-16(2)5-6-17(27)3/h5-14H,4,15H2,1-3H3/b23-14+. The van der Waals surface area contributed by atoms with E-state index in [1.165, 1.54) is 11.8 Å². The number of halogens is 1. The van der Waals surface area contributed by atoms with E-state index in [4.69, 9.17) is 33.3 Å². The van der Waals surface area contributed by atoms with E-state index in [1.54, 1.807) is 5.01 Å². The number of aryl methyl sites for hydroxylation is 2. The first-order chi connectivity index (χ1) is 15.9. The summed E-state index contributed by atoms with van der Waals surface area (Å²) in [6.07, 6.45) is 1.83. The van der Waals surface area contributed by atoms with E-state index in [2.05, 4.69) is 0 Å². The van der Waals surface area contributed by atoms with Crippen molar-refractivity contribution in [2.75, 3.05) is 11.6 Å². The highest BCUT2D eigenvalue weighted by Crippen LogP contribution is 2.35. The molecule has 0 unspecified atom stereocenters. The first-order valence-corrected chi connectivity index (χ1v) is 12.0. The first kappa shape index (κ1) is 23.4. The molecule has 1 aliphatic rings. The largest absolute Gasteiger partial charge is 0.490 e. The summed E-state index contributed by atoms with van der Waals surface area (Å²) in [6.45, 7) is 6.71. The number of aromatic nitrogens is 1. The van der Waals surface area contributed by atoms with Gasteiger partial charge in [-0.15, -0.1) is 0 Å². The first-order valence-electron chi connectivity index (χ1n) is 10.4. The van der Waals surface area contributed by atoms with Gasteiger partial charge in [0.1, 0.15) is 6.61 Å². The van der Waals surface area contributed by atoms with Crippen molar-refractivity contribution in [2.45, 2.75) is 27.4 Å². The zero-order valence-electron chi connectivity index (χ0n) is 18.5. The summed E-state index contributed by atoms with van der Waals surface area (Å²) in [6, 6.07) is 17.1. The lowest BCUT2D eigenvalue weighted by atomic mass is 10.2. The molecule has 4 rings (SSSR count). The third-order valence-electron chi connectivity index (χ3n) is 5.08. The van der Waals surface area contributed by atoms with E-state index in [9.17, 15) is 4.79 Å². The zero-order chi connectivity index (χ0) is 23.5. The highest BCUT2D eigenvalue weighted by molar-refractivity contribution is 8.27. The van der Waals surface area contributed by atoms with E-state index in [1.807, 2.05) is 86.1 Å². The summed E-state index contributed by atoms with van der Waals surface area (Å²) in [5, 5.41) is 2.23. The molecule has 0 atom stereocenters. The average Bonchev–Trinajstić information content (AvgIpc) is 3.25. The Kier molecular flexibility index (Phi) is 7.12. The van der Waals surface area contributed by atoms with E-state index in [0.717, 1.165) is 22.5 Å². The van der Waals surface area contributed by atoms with Crippen LogP contribution in [0.2, 0.25) is 5.02 Å². The summed E-state index contributed by atoms with van der Waals surface area (Å²) in [4.78, 5) is 13.7. The van der Waals surface area contributed by atoms with Crippen LogP contribution in [0.25, 0.3) is 6.08 Å². The molecule has 1 aliphatic heterocycles. The summed E-state index contributed by atoms with van der Waals surface area (Å²) in [5.41, 5.74) is 3.74. The van der Waals surface area contributed by atoms with Gasteiger partial charge in [0, 0.05) is 16.4 Å². The minimum absolute atomic E-state index is 0.145. The van der Waals surface area contributed by atoms with E-state index in [0.29, 0.717) is 39.0 Å². The maximum Gasteiger partial charge on any atom is 0.285 e. The molecular weight excluding hydrogens is 476 g/mol. The van der Waals surface area contributed by atoms with Crippen LogP contribution < -0.4 is 14.5 Å². The Bertz CT molecular complexity index is 1220. The normalized spacial score (nSPS) is 14.9. The van der Waals surface area contributed by atoms with Crippen LogP contribution in [0, 0.1) is 13.8 Å². The minimum atomic E-state index is -0.145. The molecule has 5 nitrogen and oxygen atoms in total. The molecular formula is C25H23ClN2O3S2. The topological polar surface area (TPSA) is 43.7 Å². The Balaban J connectivity index is 1.56. The molecule has 8 heteroatoms. The van der Waals surface area contributed by atoms with Gasteiger partial charge in [0.15, 0.2) is 15.8 Å². The highest BCUT2D eigenvalue weighted by atomic mass is 35.5. The number of nitrogens with zero attached hydrogens (tertiary/aromatic N) is 2. The van der Waals surface area contributed by atoms with Crippen molar-refractivity contribution in [2.24, 2.45) is 0 Å². The summed E-state index contributed by atoms with van der Waals surface area (Å²) >= 11 is 12.7. The Labute approximate surface area is 207 Å². The van der Waals surface area contributed by atoms with Crippen LogP contribution in [0.1, 0.15) is 29.4 Å². The smallest absolute Gasteiger partial charge is 0.285 e. The lowest BCUT2D eigenvalue weighted by Gasteiger charge is -2.20. The van der Waals surface area contributed by atoms with Crippen molar-refractivity contribution >= 4 is 51.9 Å². The van der Waals surface area contributed by atoms with Crippen LogP contribution >= 0.6 is 35.6 Å². The summed E-state index contributed by atoms with van der Waals surface area (Å²) < 4.78 is 14.1. The molecule has 1 fully saturated rings. The third-order valence-corrected chi connectivity index (χ3v) is 6.62. The molecule has 2 aromatic carbocycles. The SMILES string of the molecule is CCOc1cc(/C=C2/SC(=S)N(n3c(C)ccc3C)C2=O)ccc1OCc1ccc(Cl)cc1. The van der Waals surface area contributed by atoms with Gasteiger partial charge >= 0.3 is 0 Å². The van der Waals surface area contributed by atoms with E-state index in [-0.39, 0.29) is 5.91 Å². The Morgan fingerprint density at radius 1 is 1.00 bits per heavy atom. The third kappa shape index (κ3) is 5.11. The van der Waals surface area contributed by atoms with Gasteiger partial charge in [-0.2, -0.15) is 5.01 Å². The number of carbonyl (C=O) groups excluding carboxylic acids is 1. The fourth-order valence-electron chi connectivity index (χ4n) is 3.50. The molecule has 1 aromatic heterocycles. The number of benzene rings is 2. The lowest BCUT2D eigenvalue weighted by Crippen LogP contribution is -2.39. The van der Waals surface area contributed by atoms with Crippen molar-refractivity contribution in [3.63, 3.8) is 0 Å². The van der Waals surface area contributed by atoms with Gasteiger partial charge in [-0.1, -0.05) is 41.6 Å². The van der Waals surface area contributed by atoms with Crippen LogP contribution in [0.4, 0.5) is 0 Å². The number of rotatable bonds is 7. The second-order valence-electron chi connectivity index (χ2n) is 7.48. The van der Waals surface area contributed by atoms with Gasteiger partial charge in [0.25, 0.3) is 5.91 Å². The lowest BCUT2D eigenvalue weighted by molar-refractivity contribution is -0.114. The quantitative estimate of drug-likeness (QED) is 0.283. The summed E-state index contributed by atoms with van der Waals surface area (Å²) in [5.74, 6) is 1.11. The van der Waals surface area contributed by atoms with Gasteiger partial charge in [-0.3, -0.25) is 9.47 Å². The Hall–Kier alpha value is -2.74. The monoisotopic (exact) mass is 498 g/mol. The maximum atomic E-state index is 13.1. The van der Waals surface area contributed by atoms with Crippen molar-refractivity contribution in [3.8, 4) is 11.5 Å². The maximum absolute atomic E-state index is 13.1. The number of hydrogen-bond donors (Lipinski definition) is 0. The van der Waals surface area contributed by atoms with Crippen LogP contribution in [0.3, 0.4) is 0 Å². The molecule has 0 saturated carbocycles. The van der Waals surface area contributed by atoms with Crippen molar-refractivity contribution < 1.29 is 14.3 Å². The minimum Gasteiger partial charge on any atom is -0.490 e. The molecule has 0 bridgehead atoms. The summed E-state index contributed by atoms with van der Waals surface area (Å²) in [7, 11) is 0. The van der Waals surface area contributed by atoms with Crippen molar-refractivity contribution in [1.82, 2.24) is 4.68 Å². The molecule has 0 spiro atoms. The van der Waals surface area contributed by atoms with Gasteiger partial charge in [-0.05, 0) is 86.6 Å². The second-order valence-corrected chi connectivity index (χ2v) is 9.59. The molecule has 1 amide bonds. The number of thioether (sulfide) groups is 1. The number of amides is 1. The Morgan fingerprint density at radius 3 is 2.36 bits per heavy atom. The molecule has 1 saturated heterocycles. The zero-order valence-corrected chi connectivity index (χ0v) is 20.9. The molecule has 170 valence electrons. The molecule has 2 heterocycles. The van der Waals surface area contributed by atoms with Gasteiger partial charge in [0.05, 0.1) is 11.5 Å². The van der Waals surface area contributed by atoms with Crippen LogP contribution in [-0.2, 0) is 11.4 Å². The van der Waals surface area contributed by atoms with Gasteiger partial charge < -0.3 is 9.47 Å².